The molecule has 1 fully saturated rings. The van der Waals surface area contributed by atoms with E-state index in [0.717, 1.165) is 24.5 Å². The summed E-state index contributed by atoms with van der Waals surface area (Å²) in [6.07, 6.45) is 3.18. The Morgan fingerprint density at radius 3 is 2.64 bits per heavy atom. The van der Waals surface area contributed by atoms with Gasteiger partial charge in [-0.15, -0.1) is 0 Å². The average molecular weight is 304 g/mol. The summed E-state index contributed by atoms with van der Waals surface area (Å²) in [5.74, 6) is 1.95. The van der Waals surface area contributed by atoms with Crippen LogP contribution in [0.3, 0.4) is 0 Å². The molecule has 2 rings (SSSR count). The lowest BCUT2D eigenvalue weighted by molar-refractivity contribution is -0.117. The molecule has 1 aliphatic rings. The van der Waals surface area contributed by atoms with Crippen molar-refractivity contribution in [2.75, 3.05) is 18.4 Å². The molecule has 1 aliphatic heterocycles. The molecule has 1 aromatic carbocycles. The van der Waals surface area contributed by atoms with Crippen LogP contribution in [0.15, 0.2) is 24.3 Å². The second-order valence-corrected chi connectivity index (χ2v) is 6.53. The predicted molar refractivity (Wildman–Crippen MR) is 90.2 cm³/mol. The van der Waals surface area contributed by atoms with Crippen molar-refractivity contribution in [3.63, 3.8) is 0 Å². The Morgan fingerprint density at radius 2 is 2.05 bits per heavy atom. The molecule has 2 atom stereocenters. The third-order valence-corrected chi connectivity index (χ3v) is 4.16. The van der Waals surface area contributed by atoms with Crippen LogP contribution in [0.2, 0.25) is 0 Å². The summed E-state index contributed by atoms with van der Waals surface area (Å²) >= 11 is 0. The molecule has 0 aromatic heterocycles. The summed E-state index contributed by atoms with van der Waals surface area (Å²) in [6, 6.07) is 7.57. The van der Waals surface area contributed by atoms with Crippen molar-refractivity contribution in [2.24, 2.45) is 11.8 Å². The molecule has 4 nitrogen and oxygen atoms in total. The van der Waals surface area contributed by atoms with Gasteiger partial charge in [-0.2, -0.15) is 0 Å². The summed E-state index contributed by atoms with van der Waals surface area (Å²) in [6.45, 7) is 8.32. The molecular formula is C18H28N2O2. The number of benzene rings is 1. The fraction of sp³-hybridized carbons (Fsp3) is 0.611. The van der Waals surface area contributed by atoms with Crippen LogP contribution < -0.4 is 15.4 Å². The van der Waals surface area contributed by atoms with E-state index in [1.54, 1.807) is 0 Å². The molecule has 2 unspecified atom stereocenters. The number of hydrogen-bond donors (Lipinski definition) is 2. The average Bonchev–Trinajstić information content (AvgIpc) is 2.49. The van der Waals surface area contributed by atoms with E-state index in [-0.39, 0.29) is 12.0 Å². The molecule has 1 amide bonds. The third kappa shape index (κ3) is 5.34. The monoisotopic (exact) mass is 304 g/mol. The van der Waals surface area contributed by atoms with Gasteiger partial charge in [0, 0.05) is 12.1 Å². The zero-order valence-corrected chi connectivity index (χ0v) is 13.9. The number of carbonyl (C=O) groups excluding carboxylic acids is 1. The maximum Gasteiger partial charge on any atom is 0.224 e. The summed E-state index contributed by atoms with van der Waals surface area (Å²) in [4.78, 5) is 12.2. The zero-order valence-electron chi connectivity index (χ0n) is 13.9. The first-order valence-corrected chi connectivity index (χ1v) is 8.32. The summed E-state index contributed by atoms with van der Waals surface area (Å²) in [5, 5.41) is 6.39. The second kappa shape index (κ2) is 8.18. The largest absolute Gasteiger partial charge is 0.491 e. The molecule has 0 aliphatic carbocycles. The van der Waals surface area contributed by atoms with E-state index in [2.05, 4.69) is 17.6 Å². The Kier molecular flexibility index (Phi) is 6.25. The number of hydrogen-bond acceptors (Lipinski definition) is 3. The number of rotatable bonds is 6. The van der Waals surface area contributed by atoms with E-state index in [9.17, 15) is 4.79 Å². The normalized spacial score (nSPS) is 19.7. The first kappa shape index (κ1) is 16.8. The Labute approximate surface area is 133 Å². The molecule has 122 valence electrons. The minimum atomic E-state index is 0.0931. The maximum absolute atomic E-state index is 12.2. The first-order valence-electron chi connectivity index (χ1n) is 8.32. The van der Waals surface area contributed by atoms with Crippen LogP contribution in [0.25, 0.3) is 0 Å². The number of anilines is 1. The highest BCUT2D eigenvalue weighted by molar-refractivity contribution is 5.90. The van der Waals surface area contributed by atoms with Gasteiger partial charge in [0.05, 0.1) is 6.10 Å². The second-order valence-electron chi connectivity index (χ2n) is 6.53. The highest BCUT2D eigenvalue weighted by atomic mass is 16.5. The molecule has 0 spiro atoms. The van der Waals surface area contributed by atoms with Crippen LogP contribution in [0.5, 0.6) is 5.75 Å². The Bertz CT molecular complexity index is 464. The van der Waals surface area contributed by atoms with E-state index in [0.29, 0.717) is 18.3 Å². The molecule has 1 heterocycles. The maximum atomic E-state index is 12.2. The van der Waals surface area contributed by atoms with Crippen molar-refractivity contribution in [1.82, 2.24) is 5.32 Å². The van der Waals surface area contributed by atoms with Crippen molar-refractivity contribution in [3.8, 4) is 5.75 Å². The molecule has 0 saturated carbocycles. The molecule has 2 N–H and O–H groups in total. The van der Waals surface area contributed by atoms with Gasteiger partial charge in [-0.1, -0.05) is 6.92 Å². The van der Waals surface area contributed by atoms with Gasteiger partial charge in [-0.05, 0) is 75.9 Å². The smallest absolute Gasteiger partial charge is 0.224 e. The van der Waals surface area contributed by atoms with Crippen molar-refractivity contribution in [3.05, 3.63) is 24.3 Å². The SMILES string of the molecule is CC(C)Oc1ccc(NC(=O)CC(C)C2CCCNC2)cc1. The number of ether oxygens (including phenoxy) is 1. The van der Waals surface area contributed by atoms with Crippen molar-refractivity contribution < 1.29 is 9.53 Å². The summed E-state index contributed by atoms with van der Waals surface area (Å²) < 4.78 is 5.60. The minimum Gasteiger partial charge on any atom is -0.491 e. The van der Waals surface area contributed by atoms with E-state index < -0.39 is 0 Å². The van der Waals surface area contributed by atoms with Gasteiger partial charge in [0.1, 0.15) is 5.75 Å². The topological polar surface area (TPSA) is 50.4 Å². The van der Waals surface area contributed by atoms with Crippen LogP contribution >= 0.6 is 0 Å². The number of amides is 1. The molecule has 1 aromatic rings. The van der Waals surface area contributed by atoms with Crippen molar-refractivity contribution in [1.29, 1.82) is 0 Å². The van der Waals surface area contributed by atoms with Crippen LogP contribution in [0, 0.1) is 11.8 Å². The summed E-state index contributed by atoms with van der Waals surface area (Å²) in [5.41, 5.74) is 0.829. The Morgan fingerprint density at radius 1 is 1.32 bits per heavy atom. The van der Waals surface area contributed by atoms with Crippen LogP contribution in [-0.2, 0) is 4.79 Å². The van der Waals surface area contributed by atoms with Gasteiger partial charge < -0.3 is 15.4 Å². The molecule has 22 heavy (non-hydrogen) atoms. The van der Waals surface area contributed by atoms with Gasteiger partial charge in [-0.25, -0.2) is 0 Å². The lowest BCUT2D eigenvalue weighted by Gasteiger charge is -2.28. The molecule has 0 radical (unpaired) electrons. The van der Waals surface area contributed by atoms with Crippen LogP contribution in [-0.4, -0.2) is 25.1 Å². The summed E-state index contributed by atoms with van der Waals surface area (Å²) in [7, 11) is 0. The molecule has 1 saturated heterocycles. The van der Waals surface area contributed by atoms with Crippen molar-refractivity contribution in [2.45, 2.75) is 46.1 Å². The highest BCUT2D eigenvalue weighted by Crippen LogP contribution is 2.23. The van der Waals surface area contributed by atoms with Gasteiger partial charge in [0.15, 0.2) is 0 Å². The lowest BCUT2D eigenvalue weighted by atomic mass is 9.85. The quantitative estimate of drug-likeness (QED) is 0.846. The Hall–Kier alpha value is -1.55. The molecule has 4 heteroatoms. The number of piperidine rings is 1. The molecule has 0 bridgehead atoms. The van der Waals surface area contributed by atoms with E-state index in [1.165, 1.54) is 12.8 Å². The van der Waals surface area contributed by atoms with E-state index in [1.807, 2.05) is 38.1 Å². The Balaban J connectivity index is 1.80. The van der Waals surface area contributed by atoms with Gasteiger partial charge >= 0.3 is 0 Å². The number of carbonyl (C=O) groups is 1. The van der Waals surface area contributed by atoms with Crippen LogP contribution in [0.1, 0.15) is 40.0 Å². The standard InChI is InChI=1S/C18H28N2O2/c1-13(2)22-17-8-6-16(7-9-17)20-18(21)11-14(3)15-5-4-10-19-12-15/h6-9,13-15,19H,4-5,10-12H2,1-3H3,(H,20,21). The van der Waals surface area contributed by atoms with Crippen molar-refractivity contribution >= 4 is 11.6 Å². The lowest BCUT2D eigenvalue weighted by Crippen LogP contribution is -2.34. The molecular weight excluding hydrogens is 276 g/mol. The first-order chi connectivity index (χ1) is 10.5. The van der Waals surface area contributed by atoms with E-state index >= 15 is 0 Å². The fourth-order valence-corrected chi connectivity index (χ4v) is 2.92. The van der Waals surface area contributed by atoms with Crippen LogP contribution in [0.4, 0.5) is 5.69 Å². The third-order valence-electron chi connectivity index (χ3n) is 4.16. The minimum absolute atomic E-state index is 0.0931. The highest BCUT2D eigenvalue weighted by Gasteiger charge is 2.21. The predicted octanol–water partition coefficient (Wildman–Crippen LogP) is 3.44. The zero-order chi connectivity index (χ0) is 15.9. The van der Waals surface area contributed by atoms with E-state index in [4.69, 9.17) is 4.74 Å². The van der Waals surface area contributed by atoms with Gasteiger partial charge in [0.2, 0.25) is 5.91 Å². The fourth-order valence-electron chi connectivity index (χ4n) is 2.92. The number of nitrogens with one attached hydrogen (secondary N) is 2. The van der Waals surface area contributed by atoms with Gasteiger partial charge in [-0.3, -0.25) is 4.79 Å². The van der Waals surface area contributed by atoms with Gasteiger partial charge in [0.25, 0.3) is 0 Å².